The van der Waals surface area contributed by atoms with Crippen LogP contribution in [0.15, 0.2) is 42.5 Å². The molecule has 2 aromatic rings. The topological polar surface area (TPSA) is 17.1 Å². The molecule has 0 aliphatic carbocycles. The van der Waals surface area contributed by atoms with E-state index in [0.29, 0.717) is 0 Å². The zero-order valence-electron chi connectivity index (χ0n) is 9.29. The van der Waals surface area contributed by atoms with Gasteiger partial charge in [0.1, 0.15) is 11.6 Å². The van der Waals surface area contributed by atoms with Gasteiger partial charge in [-0.25, -0.2) is 8.78 Å². The van der Waals surface area contributed by atoms with Crippen molar-refractivity contribution < 1.29 is 13.6 Å². The molecule has 18 heavy (non-hydrogen) atoms. The second kappa shape index (κ2) is 5.27. The molecule has 4 heteroatoms. The highest BCUT2D eigenvalue weighted by molar-refractivity contribution is 6.34. The summed E-state index contributed by atoms with van der Waals surface area (Å²) in [6.45, 7) is 0. The number of ketones is 1. The van der Waals surface area contributed by atoms with E-state index in [1.165, 1.54) is 30.3 Å². The van der Waals surface area contributed by atoms with Crippen molar-refractivity contribution in [1.82, 2.24) is 0 Å². The summed E-state index contributed by atoms with van der Waals surface area (Å²) in [7, 11) is 0. The minimum atomic E-state index is -0.691. The lowest BCUT2D eigenvalue weighted by atomic mass is 10.0. The molecule has 0 aromatic heterocycles. The van der Waals surface area contributed by atoms with Gasteiger partial charge in [-0.05, 0) is 23.8 Å². The maximum Gasteiger partial charge on any atom is 0.171 e. The molecular weight excluding hydrogens is 258 g/mol. The molecule has 2 aromatic carbocycles. The molecule has 0 bridgehead atoms. The van der Waals surface area contributed by atoms with Crippen molar-refractivity contribution in [2.45, 2.75) is 6.42 Å². The van der Waals surface area contributed by atoms with Gasteiger partial charge >= 0.3 is 0 Å². The Morgan fingerprint density at radius 1 is 1.00 bits per heavy atom. The van der Waals surface area contributed by atoms with Crippen LogP contribution in [0.2, 0.25) is 5.02 Å². The first-order chi connectivity index (χ1) is 8.59. The van der Waals surface area contributed by atoms with E-state index >= 15 is 0 Å². The number of rotatable bonds is 3. The third-order valence-corrected chi connectivity index (χ3v) is 2.87. The quantitative estimate of drug-likeness (QED) is 0.766. The lowest BCUT2D eigenvalue weighted by molar-refractivity contribution is 0.0988. The van der Waals surface area contributed by atoms with E-state index in [9.17, 15) is 13.6 Å². The van der Waals surface area contributed by atoms with Gasteiger partial charge in [-0.2, -0.15) is 0 Å². The van der Waals surface area contributed by atoms with Crippen molar-refractivity contribution in [1.29, 1.82) is 0 Å². The van der Waals surface area contributed by atoms with E-state index in [-0.39, 0.29) is 22.6 Å². The van der Waals surface area contributed by atoms with Crippen molar-refractivity contribution in [3.05, 3.63) is 70.2 Å². The molecule has 0 spiro atoms. The monoisotopic (exact) mass is 266 g/mol. The molecule has 0 heterocycles. The van der Waals surface area contributed by atoms with Gasteiger partial charge in [0.15, 0.2) is 5.78 Å². The molecule has 0 saturated heterocycles. The van der Waals surface area contributed by atoms with Crippen molar-refractivity contribution >= 4 is 17.4 Å². The smallest absolute Gasteiger partial charge is 0.171 e. The van der Waals surface area contributed by atoms with Gasteiger partial charge in [0.2, 0.25) is 0 Å². The maximum atomic E-state index is 13.5. The summed E-state index contributed by atoms with van der Waals surface area (Å²) in [6.07, 6.45) is -0.215. The number of hydrogen-bond donors (Lipinski definition) is 0. The Labute approximate surface area is 108 Å². The summed E-state index contributed by atoms with van der Waals surface area (Å²) in [4.78, 5) is 11.9. The summed E-state index contributed by atoms with van der Waals surface area (Å²) >= 11 is 5.78. The molecule has 0 fully saturated rings. The molecular formula is C14H9ClF2O. The summed E-state index contributed by atoms with van der Waals surface area (Å²) in [6, 6.07) is 9.89. The molecule has 0 unspecified atom stereocenters. The van der Waals surface area contributed by atoms with Gasteiger partial charge in [0.05, 0.1) is 10.6 Å². The van der Waals surface area contributed by atoms with Gasteiger partial charge in [-0.3, -0.25) is 4.79 Å². The van der Waals surface area contributed by atoms with Crippen LogP contribution in [-0.4, -0.2) is 5.78 Å². The third-order valence-electron chi connectivity index (χ3n) is 2.55. The first-order valence-corrected chi connectivity index (χ1v) is 5.68. The number of benzene rings is 2. The summed E-state index contributed by atoms with van der Waals surface area (Å²) in [5, 5.41) is 0.0383. The van der Waals surface area contributed by atoms with E-state index in [1.54, 1.807) is 6.07 Å². The van der Waals surface area contributed by atoms with Crippen LogP contribution in [0.25, 0.3) is 0 Å². The van der Waals surface area contributed by atoms with E-state index in [0.717, 1.165) is 6.07 Å². The van der Waals surface area contributed by atoms with Crippen LogP contribution in [0.1, 0.15) is 15.9 Å². The third kappa shape index (κ3) is 2.57. The number of carbonyl (C=O) groups excluding carboxylic acids is 1. The molecule has 0 amide bonds. The fourth-order valence-electron chi connectivity index (χ4n) is 1.67. The van der Waals surface area contributed by atoms with Crippen molar-refractivity contribution in [2.75, 3.05) is 0 Å². The largest absolute Gasteiger partial charge is 0.294 e. The first-order valence-electron chi connectivity index (χ1n) is 5.30. The van der Waals surface area contributed by atoms with Crippen molar-refractivity contribution in [3.63, 3.8) is 0 Å². The van der Waals surface area contributed by atoms with E-state index in [4.69, 9.17) is 11.6 Å². The predicted octanol–water partition coefficient (Wildman–Crippen LogP) is 4.04. The highest BCUT2D eigenvalue weighted by Gasteiger charge is 2.17. The molecule has 1 nitrogen and oxygen atoms in total. The summed E-state index contributed by atoms with van der Waals surface area (Å²) < 4.78 is 26.9. The Kier molecular flexibility index (Phi) is 3.72. The Morgan fingerprint density at radius 3 is 2.33 bits per heavy atom. The predicted molar refractivity (Wildman–Crippen MR) is 65.8 cm³/mol. The average Bonchev–Trinajstić information content (AvgIpc) is 2.32. The summed E-state index contributed by atoms with van der Waals surface area (Å²) in [5.74, 6) is -1.72. The minimum Gasteiger partial charge on any atom is -0.294 e. The number of halogens is 3. The van der Waals surface area contributed by atoms with E-state index in [2.05, 4.69) is 0 Å². The molecule has 0 saturated carbocycles. The van der Waals surface area contributed by atoms with E-state index < -0.39 is 17.4 Å². The highest BCUT2D eigenvalue weighted by atomic mass is 35.5. The molecule has 0 aliphatic heterocycles. The molecule has 2 rings (SSSR count). The number of carbonyl (C=O) groups is 1. The Balaban J connectivity index is 2.31. The average molecular weight is 267 g/mol. The SMILES string of the molecule is O=C(Cc1ccccc1F)c1c(F)cccc1Cl. The molecule has 0 radical (unpaired) electrons. The molecule has 0 atom stereocenters. The summed E-state index contributed by atoms with van der Waals surface area (Å²) in [5.41, 5.74) is 0.0317. The minimum absolute atomic E-state index is 0.0383. The zero-order valence-corrected chi connectivity index (χ0v) is 10.0. The standard InChI is InChI=1S/C14H9ClF2O/c15-10-5-3-7-12(17)14(10)13(18)8-9-4-1-2-6-11(9)16/h1-7H,8H2. The first kappa shape index (κ1) is 12.7. The van der Waals surface area contributed by atoms with Crippen LogP contribution in [0.3, 0.4) is 0 Å². The van der Waals surface area contributed by atoms with Gasteiger partial charge in [-0.1, -0.05) is 35.9 Å². The van der Waals surface area contributed by atoms with Crippen LogP contribution >= 0.6 is 11.6 Å². The van der Waals surface area contributed by atoms with Crippen molar-refractivity contribution in [3.8, 4) is 0 Å². The molecule has 0 N–H and O–H groups in total. The van der Waals surface area contributed by atoms with Crippen LogP contribution in [-0.2, 0) is 6.42 Å². The van der Waals surface area contributed by atoms with Crippen LogP contribution in [0, 0.1) is 11.6 Å². The number of hydrogen-bond acceptors (Lipinski definition) is 1. The maximum absolute atomic E-state index is 13.5. The second-order valence-electron chi connectivity index (χ2n) is 3.79. The lowest BCUT2D eigenvalue weighted by Crippen LogP contribution is -2.08. The van der Waals surface area contributed by atoms with Gasteiger partial charge in [0.25, 0.3) is 0 Å². The van der Waals surface area contributed by atoms with Gasteiger partial charge in [-0.15, -0.1) is 0 Å². The van der Waals surface area contributed by atoms with E-state index in [1.807, 2.05) is 0 Å². The fourth-order valence-corrected chi connectivity index (χ4v) is 1.94. The van der Waals surface area contributed by atoms with Gasteiger partial charge in [0, 0.05) is 6.42 Å². The zero-order chi connectivity index (χ0) is 13.1. The molecule has 92 valence electrons. The fraction of sp³-hybridized carbons (Fsp3) is 0.0714. The number of Topliss-reactive ketones (excluding diaryl/α,β-unsaturated/α-hetero) is 1. The van der Waals surface area contributed by atoms with Crippen LogP contribution in [0.4, 0.5) is 8.78 Å². The molecule has 0 aliphatic rings. The Bertz CT molecular complexity index is 576. The van der Waals surface area contributed by atoms with Crippen molar-refractivity contribution in [2.24, 2.45) is 0 Å². The Hall–Kier alpha value is -1.74. The normalized spacial score (nSPS) is 10.4. The van der Waals surface area contributed by atoms with Crippen LogP contribution in [0.5, 0.6) is 0 Å². The van der Waals surface area contributed by atoms with Gasteiger partial charge < -0.3 is 0 Å². The lowest BCUT2D eigenvalue weighted by Gasteiger charge is -2.05. The van der Waals surface area contributed by atoms with Crippen LogP contribution < -0.4 is 0 Å². The highest BCUT2D eigenvalue weighted by Crippen LogP contribution is 2.21. The second-order valence-corrected chi connectivity index (χ2v) is 4.20. The Morgan fingerprint density at radius 2 is 1.67 bits per heavy atom.